The smallest absolute Gasteiger partial charge is 0.0711 e. The van der Waals surface area contributed by atoms with Crippen LogP contribution >= 0.6 is 27.3 Å². The van der Waals surface area contributed by atoms with Crippen LogP contribution in [0.2, 0.25) is 0 Å². The number of rotatable bonds is 1. The Kier molecular flexibility index (Phi) is 2.41. The van der Waals surface area contributed by atoms with E-state index in [0.717, 1.165) is 9.35 Å². The van der Waals surface area contributed by atoms with E-state index in [1.807, 2.05) is 13.0 Å². The molecule has 3 heteroatoms. The average molecular weight is 257 g/mol. The summed E-state index contributed by atoms with van der Waals surface area (Å²) in [7, 11) is 0. The fourth-order valence-corrected chi connectivity index (χ4v) is 3.03. The zero-order valence-corrected chi connectivity index (χ0v) is 9.58. The van der Waals surface area contributed by atoms with Gasteiger partial charge in [0.1, 0.15) is 0 Å². The Hall–Kier alpha value is -0.380. The van der Waals surface area contributed by atoms with Gasteiger partial charge in [0, 0.05) is 4.70 Å². The van der Waals surface area contributed by atoms with Crippen LogP contribution in [0.4, 0.5) is 0 Å². The van der Waals surface area contributed by atoms with Crippen LogP contribution in [0, 0.1) is 6.92 Å². The average Bonchev–Trinajstić information content (AvgIpc) is 2.47. The van der Waals surface area contributed by atoms with Crippen LogP contribution in [0.25, 0.3) is 10.1 Å². The summed E-state index contributed by atoms with van der Waals surface area (Å²) in [6.45, 7) is 2.17. The van der Waals surface area contributed by atoms with Crippen molar-refractivity contribution in [3.8, 4) is 0 Å². The molecule has 0 aliphatic heterocycles. The number of hydrogen-bond donors (Lipinski definition) is 1. The normalized spacial score (nSPS) is 11.0. The number of thiophene rings is 1. The molecule has 0 saturated carbocycles. The summed E-state index contributed by atoms with van der Waals surface area (Å²) in [5.41, 5.74) is 2.19. The van der Waals surface area contributed by atoms with Gasteiger partial charge in [-0.1, -0.05) is 6.07 Å². The third kappa shape index (κ3) is 1.52. The summed E-state index contributed by atoms with van der Waals surface area (Å²) in [5.74, 6) is 0. The second-order valence-corrected chi connectivity index (χ2v) is 5.43. The first-order valence-electron chi connectivity index (χ1n) is 4.01. The lowest BCUT2D eigenvalue weighted by Crippen LogP contribution is -1.87. The maximum atomic E-state index is 9.08. The number of benzene rings is 1. The maximum absolute atomic E-state index is 9.08. The van der Waals surface area contributed by atoms with E-state index < -0.39 is 0 Å². The van der Waals surface area contributed by atoms with E-state index >= 15 is 0 Å². The number of aryl methyl sites for hydroxylation is 1. The molecule has 0 unspecified atom stereocenters. The van der Waals surface area contributed by atoms with Gasteiger partial charge in [-0.25, -0.2) is 0 Å². The summed E-state index contributed by atoms with van der Waals surface area (Å²) in [5, 5.41) is 10.3. The molecule has 0 fully saturated rings. The van der Waals surface area contributed by atoms with Crippen molar-refractivity contribution in [2.24, 2.45) is 0 Å². The van der Waals surface area contributed by atoms with E-state index in [4.69, 9.17) is 5.11 Å². The largest absolute Gasteiger partial charge is 0.392 e. The Balaban J connectivity index is 2.78. The summed E-state index contributed by atoms with van der Waals surface area (Å²) >= 11 is 5.18. The Morgan fingerprint density at radius 1 is 1.46 bits per heavy atom. The van der Waals surface area contributed by atoms with Crippen molar-refractivity contribution in [1.82, 2.24) is 0 Å². The Bertz CT molecular complexity index is 447. The zero-order valence-electron chi connectivity index (χ0n) is 7.17. The fourth-order valence-electron chi connectivity index (χ4n) is 1.44. The molecule has 2 aromatic rings. The third-order valence-corrected chi connectivity index (χ3v) is 3.83. The van der Waals surface area contributed by atoms with Crippen LogP contribution in [-0.4, -0.2) is 5.11 Å². The molecule has 0 radical (unpaired) electrons. The van der Waals surface area contributed by atoms with Gasteiger partial charge in [0.25, 0.3) is 0 Å². The van der Waals surface area contributed by atoms with Crippen molar-refractivity contribution in [2.45, 2.75) is 13.5 Å². The highest BCUT2D eigenvalue weighted by molar-refractivity contribution is 9.11. The highest BCUT2D eigenvalue weighted by Crippen LogP contribution is 2.32. The number of aliphatic hydroxyl groups excluding tert-OH is 1. The zero-order chi connectivity index (χ0) is 9.42. The number of halogens is 1. The van der Waals surface area contributed by atoms with Gasteiger partial charge in [-0.15, -0.1) is 11.3 Å². The van der Waals surface area contributed by atoms with Crippen LogP contribution in [0.1, 0.15) is 11.1 Å². The third-order valence-electron chi connectivity index (χ3n) is 2.22. The fraction of sp³-hybridized carbons (Fsp3) is 0.200. The van der Waals surface area contributed by atoms with Crippen molar-refractivity contribution < 1.29 is 5.11 Å². The highest BCUT2D eigenvalue weighted by atomic mass is 79.9. The maximum Gasteiger partial charge on any atom is 0.0711 e. The van der Waals surface area contributed by atoms with Crippen molar-refractivity contribution >= 4 is 37.4 Å². The molecule has 0 aliphatic carbocycles. The quantitative estimate of drug-likeness (QED) is 0.829. The lowest BCUT2D eigenvalue weighted by atomic mass is 10.1. The highest BCUT2D eigenvalue weighted by Gasteiger charge is 2.05. The number of fused-ring (bicyclic) bond motifs is 1. The first kappa shape index (κ1) is 9.19. The SMILES string of the molecule is Cc1c(CO)ccc2sc(Br)cc12. The molecular formula is C10H9BrOS. The molecule has 1 aromatic heterocycles. The second kappa shape index (κ2) is 3.40. The van der Waals surface area contributed by atoms with E-state index in [1.165, 1.54) is 15.6 Å². The molecule has 1 aromatic carbocycles. The van der Waals surface area contributed by atoms with Gasteiger partial charge >= 0.3 is 0 Å². The van der Waals surface area contributed by atoms with Crippen LogP contribution < -0.4 is 0 Å². The van der Waals surface area contributed by atoms with Gasteiger partial charge < -0.3 is 5.11 Å². The first-order valence-corrected chi connectivity index (χ1v) is 5.61. The Morgan fingerprint density at radius 2 is 2.23 bits per heavy atom. The minimum Gasteiger partial charge on any atom is -0.392 e. The Labute approximate surface area is 89.1 Å². The van der Waals surface area contributed by atoms with E-state index in [9.17, 15) is 0 Å². The van der Waals surface area contributed by atoms with E-state index in [2.05, 4.69) is 28.1 Å². The summed E-state index contributed by atoms with van der Waals surface area (Å²) in [4.78, 5) is 0. The van der Waals surface area contributed by atoms with Crippen molar-refractivity contribution in [1.29, 1.82) is 0 Å². The molecule has 0 bridgehead atoms. The summed E-state index contributed by atoms with van der Waals surface area (Å²) in [6, 6.07) is 6.15. The first-order chi connectivity index (χ1) is 6.22. The molecule has 0 spiro atoms. The van der Waals surface area contributed by atoms with Crippen LogP contribution in [0.5, 0.6) is 0 Å². The van der Waals surface area contributed by atoms with Gasteiger partial charge in [-0.2, -0.15) is 0 Å². The Morgan fingerprint density at radius 3 is 2.92 bits per heavy atom. The monoisotopic (exact) mass is 256 g/mol. The molecule has 0 atom stereocenters. The molecule has 1 nitrogen and oxygen atoms in total. The van der Waals surface area contributed by atoms with Crippen LogP contribution in [0.3, 0.4) is 0 Å². The van der Waals surface area contributed by atoms with Gasteiger partial charge in [0.2, 0.25) is 0 Å². The summed E-state index contributed by atoms with van der Waals surface area (Å²) < 4.78 is 2.40. The van der Waals surface area contributed by atoms with Gasteiger partial charge in [0.05, 0.1) is 10.4 Å². The van der Waals surface area contributed by atoms with Crippen LogP contribution in [-0.2, 0) is 6.61 Å². The van der Waals surface area contributed by atoms with Crippen molar-refractivity contribution in [2.75, 3.05) is 0 Å². The molecule has 13 heavy (non-hydrogen) atoms. The number of aliphatic hydroxyl groups is 1. The second-order valence-electron chi connectivity index (χ2n) is 2.97. The van der Waals surface area contributed by atoms with Gasteiger partial charge in [0.15, 0.2) is 0 Å². The van der Waals surface area contributed by atoms with Gasteiger partial charge in [-0.3, -0.25) is 0 Å². The summed E-state index contributed by atoms with van der Waals surface area (Å²) in [6.07, 6.45) is 0. The molecule has 2 rings (SSSR count). The lowest BCUT2D eigenvalue weighted by molar-refractivity contribution is 0.281. The standard InChI is InChI=1S/C10H9BrOS/c1-6-7(5-12)2-3-9-8(6)4-10(11)13-9/h2-4,12H,5H2,1H3. The minimum atomic E-state index is 0.120. The lowest BCUT2D eigenvalue weighted by Gasteiger charge is -2.02. The molecule has 0 amide bonds. The van der Waals surface area contributed by atoms with E-state index in [0.29, 0.717) is 0 Å². The van der Waals surface area contributed by atoms with Crippen molar-refractivity contribution in [3.63, 3.8) is 0 Å². The predicted molar refractivity (Wildman–Crippen MR) is 60.2 cm³/mol. The predicted octanol–water partition coefficient (Wildman–Crippen LogP) is 3.46. The number of hydrogen-bond acceptors (Lipinski definition) is 2. The topological polar surface area (TPSA) is 20.2 Å². The van der Waals surface area contributed by atoms with Crippen molar-refractivity contribution in [3.05, 3.63) is 33.1 Å². The molecule has 0 aliphatic rings. The van der Waals surface area contributed by atoms with E-state index in [-0.39, 0.29) is 6.61 Å². The molecule has 1 heterocycles. The van der Waals surface area contributed by atoms with Gasteiger partial charge in [-0.05, 0) is 51.5 Å². The molecule has 0 saturated heterocycles. The molecule has 1 N–H and O–H groups in total. The molecule has 68 valence electrons. The van der Waals surface area contributed by atoms with Crippen LogP contribution in [0.15, 0.2) is 22.0 Å². The minimum absolute atomic E-state index is 0.120. The molecular weight excluding hydrogens is 248 g/mol. The van der Waals surface area contributed by atoms with E-state index in [1.54, 1.807) is 11.3 Å².